The van der Waals surface area contributed by atoms with E-state index < -0.39 is 0 Å². The second kappa shape index (κ2) is 7.21. The molecule has 0 saturated heterocycles. The molecule has 0 amide bonds. The Morgan fingerprint density at radius 1 is 1.32 bits per heavy atom. The lowest BCUT2D eigenvalue weighted by molar-refractivity contribution is 0.621. The van der Waals surface area contributed by atoms with Gasteiger partial charge in [-0.1, -0.05) is 23.9 Å². The van der Waals surface area contributed by atoms with Crippen LogP contribution < -0.4 is 5.32 Å². The lowest BCUT2D eigenvalue weighted by Crippen LogP contribution is -2.17. The minimum absolute atomic E-state index is 0.182. The molecule has 100 valence electrons. The highest BCUT2D eigenvalue weighted by Crippen LogP contribution is 2.07. The summed E-state index contributed by atoms with van der Waals surface area (Å²) in [6.45, 7) is 1.49. The number of halogens is 1. The summed E-state index contributed by atoms with van der Waals surface area (Å²) in [6.07, 6.45) is 4.52. The Kier molecular flexibility index (Phi) is 5.30. The number of rotatable bonds is 6. The molecule has 3 nitrogen and oxygen atoms in total. The predicted molar refractivity (Wildman–Crippen MR) is 75.6 cm³/mol. The SMILES string of the molecule is CSc1nccc(CNCCc2cccc(F)c2)n1. The Bertz CT molecular complexity index is 534. The van der Waals surface area contributed by atoms with E-state index in [9.17, 15) is 4.39 Å². The molecular formula is C14H16FN3S. The summed E-state index contributed by atoms with van der Waals surface area (Å²) < 4.78 is 13.0. The first-order valence-electron chi connectivity index (χ1n) is 6.09. The average Bonchev–Trinajstić information content (AvgIpc) is 2.44. The fourth-order valence-electron chi connectivity index (χ4n) is 1.71. The van der Waals surface area contributed by atoms with E-state index in [4.69, 9.17) is 0 Å². The van der Waals surface area contributed by atoms with Crippen molar-refractivity contribution >= 4 is 11.8 Å². The Hall–Kier alpha value is -1.46. The molecule has 0 aliphatic rings. The number of nitrogens with zero attached hydrogens (tertiary/aromatic N) is 2. The van der Waals surface area contributed by atoms with Crippen LogP contribution in [0.4, 0.5) is 4.39 Å². The maximum absolute atomic E-state index is 13.0. The molecule has 1 heterocycles. The van der Waals surface area contributed by atoms with Crippen LogP contribution in [0, 0.1) is 5.82 Å². The second-order valence-electron chi connectivity index (χ2n) is 4.09. The first kappa shape index (κ1) is 14.0. The van der Waals surface area contributed by atoms with Crippen LogP contribution >= 0.6 is 11.8 Å². The third-order valence-corrected chi connectivity index (χ3v) is 3.22. The van der Waals surface area contributed by atoms with Crippen LogP contribution in [-0.2, 0) is 13.0 Å². The molecule has 0 unspecified atom stereocenters. The zero-order valence-corrected chi connectivity index (χ0v) is 11.6. The van der Waals surface area contributed by atoms with Gasteiger partial charge in [0, 0.05) is 12.7 Å². The topological polar surface area (TPSA) is 37.8 Å². The molecular weight excluding hydrogens is 261 g/mol. The van der Waals surface area contributed by atoms with Crippen LogP contribution in [0.5, 0.6) is 0 Å². The van der Waals surface area contributed by atoms with Crippen molar-refractivity contribution in [2.45, 2.75) is 18.1 Å². The normalized spacial score (nSPS) is 10.6. The lowest BCUT2D eigenvalue weighted by atomic mass is 10.1. The summed E-state index contributed by atoms with van der Waals surface area (Å²) in [7, 11) is 0. The largest absolute Gasteiger partial charge is 0.311 e. The van der Waals surface area contributed by atoms with E-state index in [0.717, 1.165) is 29.4 Å². The first-order valence-corrected chi connectivity index (χ1v) is 7.31. The standard InChI is InChI=1S/C14H16FN3S/c1-19-14-17-8-6-13(18-14)10-16-7-5-11-3-2-4-12(15)9-11/h2-4,6,8-9,16H,5,7,10H2,1H3. The quantitative estimate of drug-likeness (QED) is 0.500. The van der Waals surface area contributed by atoms with Gasteiger partial charge < -0.3 is 5.32 Å². The number of aromatic nitrogens is 2. The minimum Gasteiger partial charge on any atom is -0.311 e. The van der Waals surface area contributed by atoms with Gasteiger partial charge in [0.25, 0.3) is 0 Å². The molecule has 19 heavy (non-hydrogen) atoms. The predicted octanol–water partition coefficient (Wildman–Crippen LogP) is 2.67. The van der Waals surface area contributed by atoms with Crippen molar-refractivity contribution in [1.82, 2.24) is 15.3 Å². The van der Waals surface area contributed by atoms with E-state index >= 15 is 0 Å². The molecule has 1 aromatic heterocycles. The van der Waals surface area contributed by atoms with E-state index in [2.05, 4.69) is 15.3 Å². The van der Waals surface area contributed by atoms with Crippen LogP contribution in [0.25, 0.3) is 0 Å². The van der Waals surface area contributed by atoms with Crippen molar-refractivity contribution in [3.05, 3.63) is 53.6 Å². The van der Waals surface area contributed by atoms with Crippen LogP contribution in [0.1, 0.15) is 11.3 Å². The summed E-state index contributed by atoms with van der Waals surface area (Å²) in [4.78, 5) is 8.51. The molecule has 0 radical (unpaired) electrons. The lowest BCUT2D eigenvalue weighted by Gasteiger charge is -2.05. The summed E-state index contributed by atoms with van der Waals surface area (Å²) in [5.74, 6) is -0.182. The monoisotopic (exact) mass is 277 g/mol. The van der Waals surface area contributed by atoms with E-state index in [-0.39, 0.29) is 5.82 Å². The molecule has 5 heteroatoms. The van der Waals surface area contributed by atoms with Gasteiger partial charge in [0.05, 0.1) is 5.69 Å². The Balaban J connectivity index is 1.77. The molecule has 1 aromatic carbocycles. The molecule has 2 rings (SSSR count). The molecule has 0 aliphatic carbocycles. The fourth-order valence-corrected chi connectivity index (χ4v) is 2.09. The summed E-state index contributed by atoms with van der Waals surface area (Å²) in [6, 6.07) is 8.59. The summed E-state index contributed by atoms with van der Waals surface area (Å²) in [5, 5.41) is 4.08. The Morgan fingerprint density at radius 3 is 3.00 bits per heavy atom. The summed E-state index contributed by atoms with van der Waals surface area (Å²) in [5.41, 5.74) is 1.97. The fraction of sp³-hybridized carbons (Fsp3) is 0.286. The van der Waals surface area contributed by atoms with Crippen molar-refractivity contribution in [2.24, 2.45) is 0 Å². The van der Waals surface area contributed by atoms with Crippen molar-refractivity contribution in [3.63, 3.8) is 0 Å². The van der Waals surface area contributed by atoms with Gasteiger partial charge in [-0.15, -0.1) is 0 Å². The average molecular weight is 277 g/mol. The van der Waals surface area contributed by atoms with E-state index in [1.165, 1.54) is 17.8 Å². The molecule has 0 aliphatic heterocycles. The van der Waals surface area contributed by atoms with Gasteiger partial charge in [-0.25, -0.2) is 14.4 Å². The number of benzene rings is 1. The number of hydrogen-bond acceptors (Lipinski definition) is 4. The Labute approximate surface area is 116 Å². The molecule has 0 atom stereocenters. The number of nitrogens with one attached hydrogen (secondary N) is 1. The molecule has 1 N–H and O–H groups in total. The van der Waals surface area contributed by atoms with Gasteiger partial charge in [0.2, 0.25) is 0 Å². The first-order chi connectivity index (χ1) is 9.28. The highest BCUT2D eigenvalue weighted by Gasteiger charge is 1.99. The van der Waals surface area contributed by atoms with Gasteiger partial charge >= 0.3 is 0 Å². The van der Waals surface area contributed by atoms with E-state index in [1.807, 2.05) is 18.4 Å². The van der Waals surface area contributed by atoms with Gasteiger partial charge in [-0.05, 0) is 43.0 Å². The van der Waals surface area contributed by atoms with Gasteiger partial charge in [0.1, 0.15) is 5.82 Å². The van der Waals surface area contributed by atoms with Crippen LogP contribution in [0.3, 0.4) is 0 Å². The van der Waals surface area contributed by atoms with Crippen molar-refractivity contribution in [1.29, 1.82) is 0 Å². The zero-order valence-electron chi connectivity index (χ0n) is 10.8. The second-order valence-corrected chi connectivity index (χ2v) is 4.86. The zero-order chi connectivity index (χ0) is 13.5. The van der Waals surface area contributed by atoms with Crippen molar-refractivity contribution < 1.29 is 4.39 Å². The van der Waals surface area contributed by atoms with Gasteiger partial charge in [-0.3, -0.25) is 0 Å². The van der Waals surface area contributed by atoms with Gasteiger partial charge in [-0.2, -0.15) is 0 Å². The molecule has 0 saturated carbocycles. The van der Waals surface area contributed by atoms with E-state index in [0.29, 0.717) is 6.54 Å². The maximum Gasteiger partial charge on any atom is 0.187 e. The van der Waals surface area contributed by atoms with Crippen LogP contribution in [-0.4, -0.2) is 22.8 Å². The highest BCUT2D eigenvalue weighted by molar-refractivity contribution is 7.98. The van der Waals surface area contributed by atoms with Crippen molar-refractivity contribution in [3.8, 4) is 0 Å². The van der Waals surface area contributed by atoms with Gasteiger partial charge in [0.15, 0.2) is 5.16 Å². The third-order valence-electron chi connectivity index (χ3n) is 2.66. The van der Waals surface area contributed by atoms with Crippen LogP contribution in [0.2, 0.25) is 0 Å². The number of thioether (sulfide) groups is 1. The molecule has 2 aromatic rings. The van der Waals surface area contributed by atoms with Crippen molar-refractivity contribution in [2.75, 3.05) is 12.8 Å². The van der Waals surface area contributed by atoms with Crippen LogP contribution in [0.15, 0.2) is 41.7 Å². The third kappa shape index (κ3) is 4.61. The molecule has 0 bridgehead atoms. The van der Waals surface area contributed by atoms with E-state index in [1.54, 1.807) is 18.3 Å². The highest BCUT2D eigenvalue weighted by atomic mass is 32.2. The summed E-state index contributed by atoms with van der Waals surface area (Å²) >= 11 is 1.53. The molecule has 0 spiro atoms. The number of hydrogen-bond donors (Lipinski definition) is 1. The smallest absolute Gasteiger partial charge is 0.187 e. The minimum atomic E-state index is -0.182. The maximum atomic E-state index is 13.0. The Morgan fingerprint density at radius 2 is 2.21 bits per heavy atom. The molecule has 0 fully saturated rings.